The fourth-order valence-corrected chi connectivity index (χ4v) is 4.81. The van der Waals surface area contributed by atoms with Gasteiger partial charge >= 0.3 is 11.9 Å². The molecule has 0 rings (SSSR count). The Morgan fingerprint density at radius 1 is 0.767 bits per heavy atom. The predicted octanol–water partition coefficient (Wildman–Crippen LogP) is 6.96. The van der Waals surface area contributed by atoms with Crippen LogP contribution in [0, 0.1) is 5.92 Å². The van der Waals surface area contributed by atoms with Crippen molar-refractivity contribution in [2.45, 2.75) is 129 Å². The van der Waals surface area contributed by atoms with Crippen LogP contribution in [0.3, 0.4) is 0 Å². The molecular weight excluding hydrogens is 392 g/mol. The molecule has 0 radical (unpaired) electrons. The molecule has 176 valence electrons. The van der Waals surface area contributed by atoms with Gasteiger partial charge in [-0.25, -0.2) is 4.79 Å². The normalized spacial score (nSPS) is 12.3. The number of hydrogen-bond acceptors (Lipinski definition) is 3. The molecule has 5 heteroatoms. The summed E-state index contributed by atoms with van der Waals surface area (Å²) < 4.78 is 5.40. The van der Waals surface area contributed by atoms with E-state index < -0.39 is 27.6 Å². The Morgan fingerprint density at radius 2 is 1.20 bits per heavy atom. The highest BCUT2D eigenvalue weighted by Gasteiger charge is 2.26. The van der Waals surface area contributed by atoms with Crippen molar-refractivity contribution in [3.63, 3.8) is 0 Å². The van der Waals surface area contributed by atoms with Gasteiger partial charge in [0.05, 0.1) is 5.92 Å². The number of hydrogen-bond donors (Lipinski definition) is 1. The van der Waals surface area contributed by atoms with E-state index in [1.54, 1.807) is 0 Å². The Balaban J connectivity index is 3.86. The molecule has 0 saturated carbocycles. The highest BCUT2D eigenvalue weighted by molar-refractivity contribution is 6.31. The number of carboxylic acids is 1. The molecular formula is C25H48O4Si. The van der Waals surface area contributed by atoms with Crippen molar-refractivity contribution in [1.82, 2.24) is 0 Å². The SMILES string of the molecule is C=C(C(=O)O[SiH2]CCCCCCCC)C(CCCCCCCCCCCC)C(=O)O. The number of aliphatic carboxylic acids is 1. The Labute approximate surface area is 188 Å². The molecule has 0 aromatic carbocycles. The standard InChI is InChI=1S/C25H48O4Si/c1-4-6-8-10-12-13-14-15-16-18-20-23(24(26)27)22(3)25(28)29-30-21-19-17-11-9-7-5-2/h23H,3-21,30H2,1-2H3,(H,26,27). The summed E-state index contributed by atoms with van der Waals surface area (Å²) in [5, 5.41) is 9.49. The van der Waals surface area contributed by atoms with Crippen LogP contribution in [0.15, 0.2) is 12.2 Å². The topological polar surface area (TPSA) is 63.6 Å². The average molecular weight is 441 g/mol. The van der Waals surface area contributed by atoms with Gasteiger partial charge in [0.25, 0.3) is 0 Å². The van der Waals surface area contributed by atoms with E-state index in [0.29, 0.717) is 6.42 Å². The van der Waals surface area contributed by atoms with Gasteiger partial charge in [0.2, 0.25) is 9.76 Å². The second-order valence-corrected chi connectivity index (χ2v) is 10.0. The van der Waals surface area contributed by atoms with Crippen LogP contribution in [0.1, 0.15) is 123 Å². The maximum Gasteiger partial charge on any atom is 0.320 e. The lowest BCUT2D eigenvalue weighted by molar-refractivity contribution is -0.143. The first-order valence-electron chi connectivity index (χ1n) is 12.6. The molecule has 0 aliphatic heterocycles. The van der Waals surface area contributed by atoms with Gasteiger partial charge in [0.15, 0.2) is 0 Å². The van der Waals surface area contributed by atoms with Crippen molar-refractivity contribution < 1.29 is 19.1 Å². The summed E-state index contributed by atoms with van der Waals surface area (Å²) in [6.07, 6.45) is 20.0. The molecule has 0 aliphatic carbocycles. The van der Waals surface area contributed by atoms with Gasteiger partial charge in [-0.15, -0.1) is 0 Å². The van der Waals surface area contributed by atoms with E-state index in [0.717, 1.165) is 31.7 Å². The van der Waals surface area contributed by atoms with Crippen molar-refractivity contribution in [2.24, 2.45) is 5.92 Å². The van der Waals surface area contributed by atoms with E-state index in [9.17, 15) is 14.7 Å². The summed E-state index contributed by atoms with van der Waals surface area (Å²) in [6, 6.07) is 0.974. The van der Waals surface area contributed by atoms with Gasteiger partial charge in [-0.1, -0.05) is 123 Å². The monoisotopic (exact) mass is 440 g/mol. The maximum atomic E-state index is 12.2. The second kappa shape index (κ2) is 21.1. The molecule has 0 bridgehead atoms. The summed E-state index contributed by atoms with van der Waals surface area (Å²) in [6.45, 7) is 8.20. The summed E-state index contributed by atoms with van der Waals surface area (Å²) in [5.41, 5.74) is 0.133. The Bertz CT molecular complexity index is 450. The van der Waals surface area contributed by atoms with E-state index in [-0.39, 0.29) is 5.57 Å². The second-order valence-electron chi connectivity index (χ2n) is 8.64. The summed E-state index contributed by atoms with van der Waals surface area (Å²) in [7, 11) is -0.920. The number of rotatable bonds is 22. The zero-order valence-electron chi connectivity index (χ0n) is 19.9. The minimum atomic E-state index is -0.953. The third-order valence-corrected chi connectivity index (χ3v) is 7.06. The Morgan fingerprint density at radius 3 is 1.67 bits per heavy atom. The zero-order chi connectivity index (χ0) is 22.5. The molecule has 0 fully saturated rings. The van der Waals surface area contributed by atoms with Crippen LogP contribution in [0.25, 0.3) is 0 Å². The van der Waals surface area contributed by atoms with Crippen molar-refractivity contribution in [3.05, 3.63) is 12.2 Å². The number of unbranched alkanes of at least 4 members (excludes halogenated alkanes) is 14. The van der Waals surface area contributed by atoms with Gasteiger partial charge in [0.1, 0.15) is 0 Å². The molecule has 0 heterocycles. The molecule has 0 aromatic rings. The van der Waals surface area contributed by atoms with Crippen molar-refractivity contribution in [3.8, 4) is 0 Å². The number of carbonyl (C=O) groups excluding carboxylic acids is 1. The number of carbonyl (C=O) groups is 2. The molecule has 1 atom stereocenters. The minimum Gasteiger partial charge on any atom is -0.522 e. The van der Waals surface area contributed by atoms with Gasteiger partial charge in [-0.05, 0) is 12.5 Å². The van der Waals surface area contributed by atoms with Crippen molar-refractivity contribution in [1.29, 1.82) is 0 Å². The van der Waals surface area contributed by atoms with E-state index in [2.05, 4.69) is 20.4 Å². The Kier molecular flexibility index (Phi) is 20.4. The van der Waals surface area contributed by atoms with Crippen LogP contribution in [-0.2, 0) is 14.0 Å². The van der Waals surface area contributed by atoms with Gasteiger partial charge in [-0.2, -0.15) is 0 Å². The van der Waals surface area contributed by atoms with Crippen LogP contribution in [0.2, 0.25) is 6.04 Å². The van der Waals surface area contributed by atoms with E-state index in [1.807, 2.05) is 0 Å². The predicted molar refractivity (Wildman–Crippen MR) is 130 cm³/mol. The van der Waals surface area contributed by atoms with Gasteiger partial charge in [0, 0.05) is 5.57 Å². The molecule has 0 aliphatic rings. The fraction of sp³-hybridized carbons (Fsp3) is 0.840. The number of carboxylic acid groups (broad SMARTS) is 1. The molecule has 0 amide bonds. The smallest absolute Gasteiger partial charge is 0.320 e. The molecule has 30 heavy (non-hydrogen) atoms. The van der Waals surface area contributed by atoms with Crippen molar-refractivity contribution >= 4 is 21.7 Å². The van der Waals surface area contributed by atoms with Crippen LogP contribution in [0.4, 0.5) is 0 Å². The van der Waals surface area contributed by atoms with E-state index >= 15 is 0 Å². The first-order valence-corrected chi connectivity index (χ1v) is 14.2. The maximum absolute atomic E-state index is 12.2. The Hall–Kier alpha value is -1.10. The largest absolute Gasteiger partial charge is 0.522 e. The molecule has 1 unspecified atom stereocenters. The highest BCUT2D eigenvalue weighted by Crippen LogP contribution is 2.20. The molecule has 0 aromatic heterocycles. The molecule has 0 spiro atoms. The van der Waals surface area contributed by atoms with Crippen LogP contribution in [-0.4, -0.2) is 26.8 Å². The first kappa shape index (κ1) is 28.9. The minimum absolute atomic E-state index is 0.133. The molecule has 4 nitrogen and oxygen atoms in total. The quantitative estimate of drug-likeness (QED) is 0.112. The van der Waals surface area contributed by atoms with E-state index in [1.165, 1.54) is 77.0 Å². The highest BCUT2D eigenvalue weighted by atomic mass is 28.2. The average Bonchev–Trinajstić information content (AvgIpc) is 2.73. The lowest BCUT2D eigenvalue weighted by Gasteiger charge is -2.15. The van der Waals surface area contributed by atoms with E-state index in [4.69, 9.17) is 4.43 Å². The summed E-state index contributed by atoms with van der Waals surface area (Å²) in [4.78, 5) is 23.8. The fourth-order valence-electron chi connectivity index (χ4n) is 3.74. The van der Waals surface area contributed by atoms with Gasteiger partial charge in [-0.3, -0.25) is 4.79 Å². The lowest BCUT2D eigenvalue weighted by Crippen LogP contribution is -2.23. The summed E-state index contributed by atoms with van der Waals surface area (Å²) in [5.74, 6) is -2.23. The lowest BCUT2D eigenvalue weighted by atomic mass is 9.93. The third kappa shape index (κ3) is 16.7. The first-order chi connectivity index (χ1) is 14.5. The van der Waals surface area contributed by atoms with Crippen LogP contribution < -0.4 is 0 Å². The zero-order valence-corrected chi connectivity index (χ0v) is 21.3. The van der Waals surface area contributed by atoms with Crippen LogP contribution >= 0.6 is 0 Å². The van der Waals surface area contributed by atoms with Crippen molar-refractivity contribution in [2.75, 3.05) is 0 Å². The van der Waals surface area contributed by atoms with Crippen LogP contribution in [0.5, 0.6) is 0 Å². The molecule has 1 N–H and O–H groups in total. The summed E-state index contributed by atoms with van der Waals surface area (Å²) >= 11 is 0. The third-order valence-electron chi connectivity index (χ3n) is 5.81. The molecule has 0 saturated heterocycles. The van der Waals surface area contributed by atoms with Gasteiger partial charge < -0.3 is 9.53 Å².